The third-order valence-electron chi connectivity index (χ3n) is 6.32. The number of hydrogen-bond donors (Lipinski definition) is 1. The lowest BCUT2D eigenvalue weighted by Gasteiger charge is -2.28. The molecule has 1 atom stereocenters. The van der Waals surface area contributed by atoms with Crippen LogP contribution >= 0.6 is 23.2 Å². The Balaban J connectivity index is 1.63. The van der Waals surface area contributed by atoms with Crippen molar-refractivity contribution in [3.63, 3.8) is 0 Å². The molecule has 0 saturated carbocycles. The molecule has 9 heteroatoms. The Bertz CT molecular complexity index is 1310. The highest BCUT2D eigenvalue weighted by molar-refractivity contribution is 6.55. The van der Waals surface area contributed by atoms with E-state index in [0.717, 1.165) is 29.8 Å². The van der Waals surface area contributed by atoms with Crippen molar-refractivity contribution in [2.24, 2.45) is 0 Å². The molecular formula is C21H19B3Cl2N4. The van der Waals surface area contributed by atoms with Crippen molar-refractivity contribution >= 4 is 68.9 Å². The van der Waals surface area contributed by atoms with Gasteiger partial charge in [0.25, 0.3) is 0 Å². The first-order chi connectivity index (χ1) is 14.5. The van der Waals surface area contributed by atoms with E-state index in [-0.39, 0.29) is 5.92 Å². The van der Waals surface area contributed by atoms with E-state index in [0.29, 0.717) is 10.0 Å². The van der Waals surface area contributed by atoms with Crippen LogP contribution in [0.1, 0.15) is 22.6 Å². The van der Waals surface area contributed by atoms with Gasteiger partial charge in [0.1, 0.15) is 27.7 Å². The van der Waals surface area contributed by atoms with Gasteiger partial charge in [-0.15, -0.1) is 0 Å². The van der Waals surface area contributed by atoms with Gasteiger partial charge in [-0.05, 0) is 46.0 Å². The van der Waals surface area contributed by atoms with Crippen molar-refractivity contribution in [2.75, 3.05) is 6.54 Å². The van der Waals surface area contributed by atoms with Crippen LogP contribution < -0.4 is 21.8 Å². The molecule has 4 aromatic rings. The van der Waals surface area contributed by atoms with Gasteiger partial charge in [-0.1, -0.05) is 52.3 Å². The van der Waals surface area contributed by atoms with Gasteiger partial charge >= 0.3 is 0 Å². The second-order valence-corrected chi connectivity index (χ2v) is 8.79. The molecule has 5 rings (SSSR count). The molecule has 3 heterocycles. The Morgan fingerprint density at radius 1 is 1.00 bits per heavy atom. The molecule has 4 nitrogen and oxygen atoms in total. The maximum atomic E-state index is 6.29. The van der Waals surface area contributed by atoms with Gasteiger partial charge in [0.15, 0.2) is 7.85 Å². The molecule has 0 bridgehead atoms. The average molecular weight is 431 g/mol. The topological polar surface area (TPSA) is 42.2 Å². The van der Waals surface area contributed by atoms with Gasteiger partial charge in [0.05, 0.1) is 10.0 Å². The molecule has 2 aromatic heterocycles. The van der Waals surface area contributed by atoms with E-state index in [2.05, 4.69) is 63.2 Å². The predicted octanol–water partition coefficient (Wildman–Crippen LogP) is -0.287. The van der Waals surface area contributed by atoms with E-state index in [4.69, 9.17) is 23.2 Å². The number of nitrogens with zero attached hydrogens (tertiary/aromatic N) is 3. The standard InChI is InChI=1S/C21H19B3Cl2N4/c22-18-17(20(24)30-21(19(18)23)28-9-29-30)11-1-3-13-12(5-11)7-27-8-14(13)10-2-4-15(25)16(26)6-10/h1-6,9,14,27H,7-8,22-24H2. The molecule has 0 saturated heterocycles. The minimum Gasteiger partial charge on any atom is -0.312 e. The van der Waals surface area contributed by atoms with E-state index in [9.17, 15) is 0 Å². The summed E-state index contributed by atoms with van der Waals surface area (Å²) < 4.78 is 1.94. The molecule has 1 aliphatic heterocycles. The summed E-state index contributed by atoms with van der Waals surface area (Å²) in [5, 5.41) is 9.18. The van der Waals surface area contributed by atoms with Crippen LogP contribution in [0.25, 0.3) is 16.8 Å². The molecule has 0 spiro atoms. The Kier molecular flexibility index (Phi) is 4.93. The third-order valence-corrected chi connectivity index (χ3v) is 7.06. The predicted molar refractivity (Wildman–Crippen MR) is 133 cm³/mol. The van der Waals surface area contributed by atoms with Crippen molar-refractivity contribution in [3.05, 3.63) is 69.5 Å². The molecule has 0 radical (unpaired) electrons. The Morgan fingerprint density at radius 2 is 1.83 bits per heavy atom. The van der Waals surface area contributed by atoms with Crippen LogP contribution in [0, 0.1) is 0 Å². The molecule has 0 aliphatic carbocycles. The normalized spacial score (nSPS) is 16.0. The van der Waals surface area contributed by atoms with Crippen LogP contribution in [0.4, 0.5) is 0 Å². The van der Waals surface area contributed by atoms with Crippen molar-refractivity contribution in [2.45, 2.75) is 12.5 Å². The Labute approximate surface area is 188 Å². The van der Waals surface area contributed by atoms with Gasteiger partial charge in [-0.25, -0.2) is 9.50 Å². The van der Waals surface area contributed by atoms with E-state index in [1.54, 1.807) is 6.33 Å². The number of hydrogen-bond acceptors (Lipinski definition) is 3. The van der Waals surface area contributed by atoms with Crippen LogP contribution in [-0.2, 0) is 6.54 Å². The molecular weight excluding hydrogens is 412 g/mol. The van der Waals surface area contributed by atoms with Gasteiger partial charge < -0.3 is 5.32 Å². The molecule has 1 unspecified atom stereocenters. The fourth-order valence-electron chi connectivity index (χ4n) is 4.64. The zero-order valence-electron chi connectivity index (χ0n) is 17.1. The first-order valence-corrected chi connectivity index (χ1v) is 10.8. The Hall–Kier alpha value is -2.21. The highest BCUT2D eigenvalue weighted by atomic mass is 35.5. The zero-order valence-corrected chi connectivity index (χ0v) is 18.6. The fourth-order valence-corrected chi connectivity index (χ4v) is 4.95. The van der Waals surface area contributed by atoms with Crippen molar-refractivity contribution in [1.29, 1.82) is 0 Å². The maximum absolute atomic E-state index is 6.29. The fraction of sp³-hybridized carbons (Fsp3) is 0.143. The summed E-state index contributed by atoms with van der Waals surface area (Å²) in [5.74, 6) is 0.249. The van der Waals surface area contributed by atoms with Crippen molar-refractivity contribution < 1.29 is 0 Å². The average Bonchev–Trinajstić information content (AvgIpc) is 3.24. The first kappa shape index (κ1) is 19.7. The lowest BCUT2D eigenvalue weighted by atomic mass is 9.73. The van der Waals surface area contributed by atoms with E-state index >= 15 is 0 Å². The second-order valence-electron chi connectivity index (χ2n) is 7.98. The number of halogens is 2. The smallest absolute Gasteiger partial charge is 0.164 e. The third kappa shape index (κ3) is 3.08. The largest absolute Gasteiger partial charge is 0.312 e. The number of rotatable bonds is 2. The molecule has 1 N–H and O–H groups in total. The first-order valence-electron chi connectivity index (χ1n) is 10.0. The highest BCUT2D eigenvalue weighted by Crippen LogP contribution is 2.35. The number of aromatic nitrogens is 3. The van der Waals surface area contributed by atoms with Crippen LogP contribution in [0.3, 0.4) is 0 Å². The summed E-state index contributed by atoms with van der Waals surface area (Å²) in [6, 6.07) is 12.7. The van der Waals surface area contributed by atoms with Crippen molar-refractivity contribution in [3.8, 4) is 11.1 Å². The summed E-state index contributed by atoms with van der Waals surface area (Å²) in [6.45, 7) is 1.73. The number of nitrogens with one attached hydrogen (secondary N) is 1. The van der Waals surface area contributed by atoms with Gasteiger partial charge in [-0.3, -0.25) is 0 Å². The van der Waals surface area contributed by atoms with E-state index in [1.165, 1.54) is 33.3 Å². The van der Waals surface area contributed by atoms with Gasteiger partial charge in [0.2, 0.25) is 0 Å². The highest BCUT2D eigenvalue weighted by Gasteiger charge is 2.23. The minimum atomic E-state index is 0.249. The summed E-state index contributed by atoms with van der Waals surface area (Å²) in [5.41, 5.74) is 10.7. The van der Waals surface area contributed by atoms with Crippen LogP contribution in [0.5, 0.6) is 0 Å². The molecule has 30 heavy (non-hydrogen) atoms. The zero-order chi connectivity index (χ0) is 21.0. The summed E-state index contributed by atoms with van der Waals surface area (Å²) in [7, 11) is 6.39. The van der Waals surface area contributed by atoms with Crippen molar-refractivity contribution in [1.82, 2.24) is 19.9 Å². The minimum absolute atomic E-state index is 0.249. The number of fused-ring (bicyclic) bond motifs is 2. The maximum Gasteiger partial charge on any atom is 0.164 e. The quantitative estimate of drug-likeness (QED) is 0.445. The molecule has 0 amide bonds. The van der Waals surface area contributed by atoms with E-state index in [1.807, 2.05) is 16.6 Å². The van der Waals surface area contributed by atoms with Crippen LogP contribution in [0.2, 0.25) is 10.0 Å². The molecule has 2 aromatic carbocycles. The number of benzene rings is 2. The molecule has 0 fully saturated rings. The lowest BCUT2D eigenvalue weighted by Crippen LogP contribution is -2.38. The van der Waals surface area contributed by atoms with E-state index < -0.39 is 0 Å². The summed E-state index contributed by atoms with van der Waals surface area (Å²) in [6.07, 6.45) is 1.62. The SMILES string of the molecule is Bc1c(-c2ccc3c(c2)CNCC3c2ccc(Cl)c(Cl)c2)c(B)n2ncnc2c1B. The second kappa shape index (κ2) is 7.49. The van der Waals surface area contributed by atoms with Gasteiger partial charge in [0, 0.05) is 24.6 Å². The number of pyridine rings is 1. The lowest BCUT2D eigenvalue weighted by molar-refractivity contribution is 0.591. The summed E-state index contributed by atoms with van der Waals surface area (Å²) >= 11 is 12.4. The molecule has 146 valence electrons. The Morgan fingerprint density at radius 3 is 2.63 bits per heavy atom. The van der Waals surface area contributed by atoms with Crippen LogP contribution in [-0.4, -0.2) is 44.7 Å². The molecule has 1 aliphatic rings. The van der Waals surface area contributed by atoms with Gasteiger partial charge in [-0.2, -0.15) is 5.10 Å². The summed E-state index contributed by atoms with van der Waals surface area (Å²) in [4.78, 5) is 4.42. The van der Waals surface area contributed by atoms with Crippen LogP contribution in [0.15, 0.2) is 42.7 Å². The monoisotopic (exact) mass is 430 g/mol.